The second kappa shape index (κ2) is 12.6. The summed E-state index contributed by atoms with van der Waals surface area (Å²) in [7, 11) is 0.885. The number of aromatic nitrogens is 1. The van der Waals surface area contributed by atoms with Crippen molar-refractivity contribution in [1.82, 2.24) is 8.87 Å². The van der Waals surface area contributed by atoms with Gasteiger partial charge >= 0.3 is 0 Å². The van der Waals surface area contributed by atoms with E-state index in [2.05, 4.69) is 11.9 Å². The van der Waals surface area contributed by atoms with Gasteiger partial charge in [0.25, 0.3) is 5.91 Å². The van der Waals surface area contributed by atoms with Crippen LogP contribution in [0.1, 0.15) is 29.3 Å². The highest BCUT2D eigenvalue weighted by atomic mass is 32.2. The molecule has 0 spiro atoms. The van der Waals surface area contributed by atoms with E-state index in [0.29, 0.717) is 16.9 Å². The van der Waals surface area contributed by atoms with Crippen molar-refractivity contribution in [1.29, 1.82) is 0 Å². The third kappa shape index (κ3) is 6.04. The molecule has 0 aliphatic heterocycles. The number of carbonyl (C=O) groups excluding carboxylic acids is 1. The normalized spacial score (nSPS) is 12.6. The van der Waals surface area contributed by atoms with Crippen LogP contribution in [-0.4, -0.2) is 70.8 Å². The maximum atomic E-state index is 13.1. The van der Waals surface area contributed by atoms with Crippen molar-refractivity contribution < 1.29 is 27.4 Å². The van der Waals surface area contributed by atoms with Crippen LogP contribution in [0, 0.1) is 6.92 Å². The summed E-state index contributed by atoms with van der Waals surface area (Å²) in [5.41, 5.74) is 2.30. The summed E-state index contributed by atoms with van der Waals surface area (Å²) in [6, 6.07) is 9.76. The van der Waals surface area contributed by atoms with Gasteiger partial charge in [0.05, 0.1) is 29.9 Å². The van der Waals surface area contributed by atoms with E-state index in [0.717, 1.165) is 28.0 Å². The lowest BCUT2D eigenvalue weighted by Gasteiger charge is -2.21. The first-order valence-electron chi connectivity index (χ1n) is 11.6. The van der Waals surface area contributed by atoms with Crippen LogP contribution in [0.4, 0.5) is 0 Å². The van der Waals surface area contributed by atoms with E-state index >= 15 is 0 Å². The molecule has 11 heteroatoms. The van der Waals surface area contributed by atoms with E-state index in [1.807, 2.05) is 23.6 Å². The molecule has 0 fully saturated rings. The Morgan fingerprint density at radius 2 is 1.67 bits per heavy atom. The molecule has 0 atom stereocenters. The van der Waals surface area contributed by atoms with Crippen LogP contribution in [0.15, 0.2) is 46.3 Å². The zero-order chi connectivity index (χ0) is 26.3. The molecule has 1 heterocycles. The van der Waals surface area contributed by atoms with Gasteiger partial charge in [-0.15, -0.1) is 0 Å². The molecule has 3 aromatic rings. The Bertz CT molecular complexity index is 1350. The van der Waals surface area contributed by atoms with Gasteiger partial charge in [0.2, 0.25) is 10.0 Å². The smallest absolute Gasteiger partial charge is 0.279 e. The Morgan fingerprint density at radius 1 is 1.03 bits per heavy atom. The topological polar surface area (TPSA) is 99.4 Å². The van der Waals surface area contributed by atoms with Crippen molar-refractivity contribution in [2.45, 2.75) is 31.7 Å². The molecule has 0 radical (unpaired) electrons. The van der Waals surface area contributed by atoms with Crippen LogP contribution in [0.3, 0.4) is 0 Å². The maximum absolute atomic E-state index is 13.1. The molecule has 0 unspecified atom stereocenters. The number of hydrogen-bond donors (Lipinski definition) is 0. The van der Waals surface area contributed by atoms with Crippen LogP contribution in [0.25, 0.3) is 10.2 Å². The number of ether oxygens (including phenoxy) is 3. The van der Waals surface area contributed by atoms with E-state index < -0.39 is 15.9 Å². The average Bonchev–Trinajstić information content (AvgIpc) is 3.23. The standard InChI is InChI=1S/C25H33N3O6S2/c1-6-13-28-22-21(34-5)12-7-18(2)23(22)35-25(28)26-24(29)19-8-10-20(11-9-19)36(30,31)27(14-16-32-3)15-17-33-4/h7-12H,6,13-17H2,1-5H3. The molecule has 1 amide bonds. The van der Waals surface area contributed by atoms with E-state index in [1.165, 1.54) is 54.1 Å². The fourth-order valence-electron chi connectivity index (χ4n) is 3.77. The number of carbonyl (C=O) groups is 1. The van der Waals surface area contributed by atoms with Gasteiger partial charge in [0, 0.05) is 39.4 Å². The van der Waals surface area contributed by atoms with E-state index in [-0.39, 0.29) is 31.2 Å². The van der Waals surface area contributed by atoms with E-state index in [9.17, 15) is 13.2 Å². The molecule has 0 N–H and O–H groups in total. The number of aryl methyl sites for hydroxylation is 2. The predicted octanol–water partition coefficient (Wildman–Crippen LogP) is 3.45. The molecule has 196 valence electrons. The Morgan fingerprint density at radius 3 is 2.22 bits per heavy atom. The highest BCUT2D eigenvalue weighted by Crippen LogP contribution is 2.30. The fourth-order valence-corrected chi connectivity index (χ4v) is 6.32. The molecular weight excluding hydrogens is 502 g/mol. The Labute approximate surface area is 216 Å². The zero-order valence-electron chi connectivity index (χ0n) is 21.3. The van der Waals surface area contributed by atoms with Gasteiger partial charge in [-0.05, 0) is 49.2 Å². The van der Waals surface area contributed by atoms with Gasteiger partial charge < -0.3 is 18.8 Å². The first-order valence-corrected chi connectivity index (χ1v) is 13.9. The number of thiazole rings is 1. The van der Waals surface area contributed by atoms with E-state index in [1.54, 1.807) is 7.11 Å². The molecule has 2 aromatic carbocycles. The van der Waals surface area contributed by atoms with Crippen LogP contribution in [-0.2, 0) is 26.0 Å². The van der Waals surface area contributed by atoms with E-state index in [4.69, 9.17) is 14.2 Å². The molecule has 1 aromatic heterocycles. The SMILES string of the molecule is CCCn1c(=NC(=O)c2ccc(S(=O)(=O)N(CCOC)CCOC)cc2)sc2c(C)ccc(OC)c21. The number of sulfonamides is 1. The number of rotatable bonds is 12. The van der Waals surface area contributed by atoms with Gasteiger partial charge in [-0.25, -0.2) is 8.42 Å². The van der Waals surface area contributed by atoms with Crippen molar-refractivity contribution >= 4 is 37.5 Å². The number of nitrogens with zero attached hydrogens (tertiary/aromatic N) is 3. The summed E-state index contributed by atoms with van der Waals surface area (Å²) >= 11 is 1.44. The second-order valence-electron chi connectivity index (χ2n) is 8.13. The summed E-state index contributed by atoms with van der Waals surface area (Å²) in [5.74, 6) is 0.290. The third-order valence-electron chi connectivity index (χ3n) is 5.68. The molecule has 9 nitrogen and oxygen atoms in total. The van der Waals surface area contributed by atoms with Gasteiger partial charge in [0.1, 0.15) is 11.3 Å². The summed E-state index contributed by atoms with van der Waals surface area (Å²) in [4.78, 5) is 18.1. The molecule has 0 saturated carbocycles. The summed E-state index contributed by atoms with van der Waals surface area (Å²) < 4.78 is 46.2. The number of hydrogen-bond acceptors (Lipinski definition) is 7. The molecule has 0 saturated heterocycles. The monoisotopic (exact) mass is 535 g/mol. The van der Waals surface area contributed by atoms with Crippen molar-refractivity contribution in [3.63, 3.8) is 0 Å². The first-order chi connectivity index (χ1) is 17.3. The summed E-state index contributed by atoms with van der Waals surface area (Å²) in [6.45, 7) is 5.68. The lowest BCUT2D eigenvalue weighted by molar-refractivity contribution is 0.0997. The Kier molecular flexibility index (Phi) is 9.80. The molecule has 0 bridgehead atoms. The molecular formula is C25H33N3O6S2. The number of benzene rings is 2. The first kappa shape index (κ1) is 28.0. The molecule has 0 aliphatic carbocycles. The van der Waals surface area contributed by atoms with Crippen LogP contribution in [0.5, 0.6) is 5.75 Å². The highest BCUT2D eigenvalue weighted by Gasteiger charge is 2.24. The minimum atomic E-state index is -3.78. The van der Waals surface area contributed by atoms with Gasteiger partial charge in [0.15, 0.2) is 4.80 Å². The quantitative estimate of drug-likeness (QED) is 0.352. The largest absolute Gasteiger partial charge is 0.495 e. The van der Waals surface area contributed by atoms with Crippen LogP contribution < -0.4 is 9.54 Å². The van der Waals surface area contributed by atoms with Crippen molar-refractivity contribution in [2.75, 3.05) is 47.6 Å². The van der Waals surface area contributed by atoms with Crippen molar-refractivity contribution in [3.8, 4) is 5.75 Å². The van der Waals surface area contributed by atoms with Crippen LogP contribution in [0.2, 0.25) is 0 Å². The summed E-state index contributed by atoms with van der Waals surface area (Å²) in [6.07, 6.45) is 0.861. The Balaban J connectivity index is 1.97. The molecule has 36 heavy (non-hydrogen) atoms. The van der Waals surface area contributed by atoms with Crippen LogP contribution >= 0.6 is 11.3 Å². The van der Waals surface area contributed by atoms with Gasteiger partial charge in [-0.3, -0.25) is 4.79 Å². The number of fused-ring (bicyclic) bond motifs is 1. The zero-order valence-corrected chi connectivity index (χ0v) is 22.9. The molecule has 0 aliphatic rings. The second-order valence-corrected chi connectivity index (χ2v) is 11.0. The Hall–Kier alpha value is -2.57. The minimum Gasteiger partial charge on any atom is -0.495 e. The van der Waals surface area contributed by atoms with Gasteiger partial charge in [-0.2, -0.15) is 9.30 Å². The lowest BCUT2D eigenvalue weighted by Crippen LogP contribution is -2.36. The maximum Gasteiger partial charge on any atom is 0.279 e. The number of amides is 1. The lowest BCUT2D eigenvalue weighted by atomic mass is 10.2. The number of methoxy groups -OCH3 is 3. The summed E-state index contributed by atoms with van der Waals surface area (Å²) in [5, 5.41) is 0. The molecule has 3 rings (SSSR count). The third-order valence-corrected chi connectivity index (χ3v) is 8.81. The van der Waals surface area contributed by atoms with Crippen molar-refractivity contribution in [2.24, 2.45) is 4.99 Å². The fraction of sp³-hybridized carbons (Fsp3) is 0.440. The highest BCUT2D eigenvalue weighted by molar-refractivity contribution is 7.89. The minimum absolute atomic E-state index is 0.0922. The average molecular weight is 536 g/mol. The van der Waals surface area contributed by atoms with Crippen molar-refractivity contribution in [3.05, 3.63) is 52.3 Å². The van der Waals surface area contributed by atoms with Gasteiger partial charge in [-0.1, -0.05) is 24.3 Å². The predicted molar refractivity (Wildman–Crippen MR) is 140 cm³/mol.